The molecule has 1 aromatic carbocycles. The molecule has 2 rings (SSSR count). The summed E-state index contributed by atoms with van der Waals surface area (Å²) >= 11 is 6.06. The van der Waals surface area contributed by atoms with Gasteiger partial charge in [-0.15, -0.1) is 0 Å². The minimum atomic E-state index is 0.364. The number of nitrogens with one attached hydrogen (secondary N) is 1. The van der Waals surface area contributed by atoms with Crippen molar-refractivity contribution in [3.63, 3.8) is 0 Å². The summed E-state index contributed by atoms with van der Waals surface area (Å²) < 4.78 is 15.8. The first kappa shape index (κ1) is 13.3. The Bertz CT molecular complexity index is 419. The van der Waals surface area contributed by atoms with Gasteiger partial charge in [-0.3, -0.25) is 0 Å². The van der Waals surface area contributed by atoms with Crippen molar-refractivity contribution in [3.05, 3.63) is 17.2 Å². The van der Waals surface area contributed by atoms with Crippen LogP contribution in [0, 0.1) is 0 Å². The summed E-state index contributed by atoms with van der Waals surface area (Å²) in [5.41, 5.74) is 0.901. The Morgan fingerprint density at radius 1 is 1.11 bits per heavy atom. The Morgan fingerprint density at radius 2 is 1.78 bits per heavy atom. The molecule has 0 heterocycles. The van der Waals surface area contributed by atoms with Crippen LogP contribution in [0.2, 0.25) is 5.02 Å². The molecule has 4 nitrogen and oxygen atoms in total. The van der Waals surface area contributed by atoms with Gasteiger partial charge in [0, 0.05) is 25.3 Å². The molecule has 18 heavy (non-hydrogen) atoms. The second kappa shape index (κ2) is 5.67. The molecule has 0 amide bonds. The molecule has 1 aromatic rings. The number of benzene rings is 1. The number of rotatable bonds is 5. The minimum absolute atomic E-state index is 0.364. The molecule has 0 bridgehead atoms. The number of hydrogen-bond donors (Lipinski definition) is 1. The average molecular weight is 272 g/mol. The average Bonchev–Trinajstić information content (AvgIpc) is 2.34. The summed E-state index contributed by atoms with van der Waals surface area (Å²) in [6.45, 7) is 0. The highest BCUT2D eigenvalue weighted by Crippen LogP contribution is 2.38. The van der Waals surface area contributed by atoms with Gasteiger partial charge in [0.2, 0.25) is 0 Å². The molecule has 1 fully saturated rings. The van der Waals surface area contributed by atoms with Crippen LogP contribution >= 0.6 is 11.6 Å². The summed E-state index contributed by atoms with van der Waals surface area (Å²) in [4.78, 5) is 0. The van der Waals surface area contributed by atoms with E-state index < -0.39 is 0 Å². The van der Waals surface area contributed by atoms with Gasteiger partial charge in [-0.2, -0.15) is 0 Å². The lowest BCUT2D eigenvalue weighted by Gasteiger charge is -2.35. The van der Waals surface area contributed by atoms with Crippen molar-refractivity contribution in [3.8, 4) is 11.5 Å². The molecular weight excluding hydrogens is 254 g/mol. The summed E-state index contributed by atoms with van der Waals surface area (Å²) in [5, 5.41) is 3.97. The number of ether oxygens (including phenoxy) is 3. The van der Waals surface area contributed by atoms with Crippen LogP contribution in [-0.2, 0) is 4.74 Å². The molecule has 0 aliphatic heterocycles. The second-order valence-corrected chi connectivity index (χ2v) is 4.76. The van der Waals surface area contributed by atoms with Gasteiger partial charge in [-0.1, -0.05) is 11.6 Å². The quantitative estimate of drug-likeness (QED) is 0.894. The Kier molecular flexibility index (Phi) is 4.19. The molecule has 0 spiro atoms. The molecule has 0 atom stereocenters. The van der Waals surface area contributed by atoms with Crippen LogP contribution in [0.3, 0.4) is 0 Å². The van der Waals surface area contributed by atoms with Crippen molar-refractivity contribution >= 4 is 17.3 Å². The summed E-state index contributed by atoms with van der Waals surface area (Å²) in [5.74, 6) is 1.37. The zero-order chi connectivity index (χ0) is 13.1. The second-order valence-electron chi connectivity index (χ2n) is 4.36. The van der Waals surface area contributed by atoms with E-state index in [0.717, 1.165) is 24.3 Å². The normalized spacial score (nSPS) is 22.2. The summed E-state index contributed by atoms with van der Waals surface area (Å²) in [6.07, 6.45) is 2.37. The number of halogens is 1. The summed E-state index contributed by atoms with van der Waals surface area (Å²) in [6, 6.07) is 4.03. The van der Waals surface area contributed by atoms with Crippen LogP contribution in [0.1, 0.15) is 12.8 Å². The number of hydrogen-bond acceptors (Lipinski definition) is 4. The monoisotopic (exact) mass is 271 g/mol. The van der Waals surface area contributed by atoms with Gasteiger partial charge in [0.15, 0.2) is 0 Å². The fraction of sp³-hybridized carbons (Fsp3) is 0.538. The lowest BCUT2D eigenvalue weighted by molar-refractivity contribution is 0.0328. The highest BCUT2D eigenvalue weighted by Gasteiger charge is 2.29. The topological polar surface area (TPSA) is 39.7 Å². The maximum atomic E-state index is 6.06. The fourth-order valence-electron chi connectivity index (χ4n) is 2.07. The van der Waals surface area contributed by atoms with E-state index >= 15 is 0 Å². The zero-order valence-corrected chi connectivity index (χ0v) is 11.6. The van der Waals surface area contributed by atoms with Crippen molar-refractivity contribution < 1.29 is 14.2 Å². The molecule has 0 aromatic heterocycles. The van der Waals surface area contributed by atoms with E-state index in [-0.39, 0.29) is 0 Å². The first-order valence-corrected chi connectivity index (χ1v) is 6.26. The van der Waals surface area contributed by atoms with E-state index in [1.807, 2.05) is 6.07 Å². The van der Waals surface area contributed by atoms with Gasteiger partial charge in [0.25, 0.3) is 0 Å². The van der Waals surface area contributed by atoms with Crippen LogP contribution < -0.4 is 14.8 Å². The molecule has 5 heteroatoms. The Hall–Kier alpha value is -1.13. The highest BCUT2D eigenvalue weighted by atomic mass is 35.5. The predicted molar refractivity (Wildman–Crippen MR) is 72.0 cm³/mol. The van der Waals surface area contributed by atoms with Gasteiger partial charge in [0.05, 0.1) is 31.0 Å². The van der Waals surface area contributed by atoms with Crippen LogP contribution in [0.5, 0.6) is 11.5 Å². The van der Waals surface area contributed by atoms with Crippen LogP contribution in [0.4, 0.5) is 5.69 Å². The largest absolute Gasteiger partial charge is 0.495 e. The molecule has 0 unspecified atom stereocenters. The van der Waals surface area contributed by atoms with E-state index in [9.17, 15) is 0 Å². The lowest BCUT2D eigenvalue weighted by Crippen LogP contribution is -2.40. The molecule has 0 radical (unpaired) electrons. The highest BCUT2D eigenvalue weighted by molar-refractivity contribution is 6.32. The van der Waals surface area contributed by atoms with E-state index in [4.69, 9.17) is 25.8 Å². The Morgan fingerprint density at radius 3 is 2.33 bits per heavy atom. The standard InChI is InChI=1S/C13H18ClNO3/c1-16-9-4-8(5-9)15-11-7-12(17-2)10(14)6-13(11)18-3/h6-9,15H,4-5H2,1-3H3. The van der Waals surface area contributed by atoms with Crippen molar-refractivity contribution in [1.29, 1.82) is 0 Å². The molecule has 0 saturated heterocycles. The summed E-state index contributed by atoms with van der Waals surface area (Å²) in [7, 11) is 4.97. The third kappa shape index (κ3) is 2.65. The number of methoxy groups -OCH3 is 3. The number of anilines is 1. The first-order valence-electron chi connectivity index (χ1n) is 5.88. The molecule has 100 valence electrons. The van der Waals surface area contributed by atoms with E-state index in [1.54, 1.807) is 27.4 Å². The van der Waals surface area contributed by atoms with E-state index in [2.05, 4.69) is 5.32 Å². The van der Waals surface area contributed by atoms with E-state index in [0.29, 0.717) is 22.9 Å². The maximum Gasteiger partial charge on any atom is 0.143 e. The van der Waals surface area contributed by atoms with Crippen LogP contribution in [-0.4, -0.2) is 33.5 Å². The smallest absolute Gasteiger partial charge is 0.143 e. The van der Waals surface area contributed by atoms with Crippen molar-refractivity contribution in [2.75, 3.05) is 26.6 Å². The van der Waals surface area contributed by atoms with Crippen molar-refractivity contribution in [2.45, 2.75) is 25.0 Å². The van der Waals surface area contributed by atoms with Crippen LogP contribution in [0.25, 0.3) is 0 Å². The van der Waals surface area contributed by atoms with Crippen molar-refractivity contribution in [1.82, 2.24) is 0 Å². The van der Waals surface area contributed by atoms with Gasteiger partial charge < -0.3 is 19.5 Å². The Labute approximate surface area is 112 Å². The maximum absolute atomic E-state index is 6.06. The van der Waals surface area contributed by atoms with E-state index in [1.165, 1.54) is 0 Å². The lowest BCUT2D eigenvalue weighted by atomic mass is 9.89. The molecular formula is C13H18ClNO3. The zero-order valence-electron chi connectivity index (χ0n) is 10.8. The van der Waals surface area contributed by atoms with Gasteiger partial charge >= 0.3 is 0 Å². The molecule has 1 saturated carbocycles. The SMILES string of the molecule is COc1cc(NC2CC(OC)C2)c(OC)cc1Cl. The van der Waals surface area contributed by atoms with Crippen molar-refractivity contribution in [2.24, 2.45) is 0 Å². The predicted octanol–water partition coefficient (Wildman–Crippen LogP) is 2.95. The fourth-order valence-corrected chi connectivity index (χ4v) is 2.30. The molecule has 1 N–H and O–H groups in total. The van der Waals surface area contributed by atoms with Gasteiger partial charge in [-0.25, -0.2) is 0 Å². The van der Waals surface area contributed by atoms with Gasteiger partial charge in [-0.05, 0) is 12.8 Å². The molecule has 1 aliphatic rings. The molecule has 1 aliphatic carbocycles. The minimum Gasteiger partial charge on any atom is -0.495 e. The third-order valence-corrected chi connectivity index (χ3v) is 3.56. The van der Waals surface area contributed by atoms with Gasteiger partial charge in [0.1, 0.15) is 11.5 Å². The first-order chi connectivity index (χ1) is 8.67. The Balaban J connectivity index is 2.11. The van der Waals surface area contributed by atoms with Crippen LogP contribution in [0.15, 0.2) is 12.1 Å². The third-order valence-electron chi connectivity index (χ3n) is 3.26.